The minimum Gasteiger partial charge on any atom is -0.462 e. The van der Waals surface area contributed by atoms with Gasteiger partial charge < -0.3 is 19.5 Å². The van der Waals surface area contributed by atoms with Crippen LogP contribution in [0.2, 0.25) is 0 Å². The quantitative estimate of drug-likeness (QED) is 0.140. The molecular weight excluding hydrogens is 647 g/mol. The van der Waals surface area contributed by atoms with E-state index in [9.17, 15) is 9.59 Å². The van der Waals surface area contributed by atoms with E-state index in [1.165, 1.54) is 37.7 Å². The van der Waals surface area contributed by atoms with Crippen LogP contribution in [0.1, 0.15) is 149 Å². The van der Waals surface area contributed by atoms with Gasteiger partial charge in [0.2, 0.25) is 5.91 Å². The van der Waals surface area contributed by atoms with Gasteiger partial charge in [0.25, 0.3) is 0 Å². The van der Waals surface area contributed by atoms with Crippen LogP contribution in [0.25, 0.3) is 0 Å². The minimum atomic E-state index is -0.342. The number of ether oxygens (including phenoxy) is 3. The number of carbonyl (C=O) groups excluding carboxylic acids is 2. The Bertz CT molecular complexity index is 1460. The summed E-state index contributed by atoms with van der Waals surface area (Å²) in [6, 6.07) is 8.47. The molecule has 1 spiro atoms. The fourth-order valence-electron chi connectivity index (χ4n) is 12.5. The Labute approximate surface area is 315 Å². The molecule has 6 nitrogen and oxygen atoms in total. The van der Waals surface area contributed by atoms with Crippen LogP contribution in [-0.2, 0) is 30.2 Å². The lowest BCUT2D eigenvalue weighted by Crippen LogP contribution is -2.52. The number of esters is 1. The maximum atomic E-state index is 12.9. The first-order valence-corrected chi connectivity index (χ1v) is 21.4. The molecular formula is C46H69NO5. The van der Waals surface area contributed by atoms with Gasteiger partial charge in [-0.05, 0) is 129 Å². The van der Waals surface area contributed by atoms with E-state index in [0.717, 1.165) is 81.3 Å². The largest absolute Gasteiger partial charge is 0.462 e. The van der Waals surface area contributed by atoms with Crippen LogP contribution in [-0.4, -0.2) is 43.0 Å². The summed E-state index contributed by atoms with van der Waals surface area (Å²) in [4.78, 5) is 25.7. The highest BCUT2D eigenvalue weighted by Crippen LogP contribution is 2.70. The summed E-state index contributed by atoms with van der Waals surface area (Å²) < 4.78 is 19.6. The molecule has 6 heteroatoms. The van der Waals surface area contributed by atoms with Crippen LogP contribution >= 0.6 is 0 Å². The summed E-state index contributed by atoms with van der Waals surface area (Å²) in [5, 5.41) is 3.10. The van der Waals surface area contributed by atoms with Gasteiger partial charge >= 0.3 is 5.97 Å². The highest BCUT2D eigenvalue weighted by atomic mass is 16.7. The lowest BCUT2D eigenvalue weighted by atomic mass is 9.47. The number of allylic oxidation sites excluding steroid dienone is 1. The summed E-state index contributed by atoms with van der Waals surface area (Å²) in [7, 11) is 0. The van der Waals surface area contributed by atoms with Crippen LogP contribution in [0.3, 0.4) is 0 Å². The van der Waals surface area contributed by atoms with Crippen LogP contribution in [0, 0.1) is 52.3 Å². The molecule has 2 heterocycles. The van der Waals surface area contributed by atoms with Crippen molar-refractivity contribution in [3.63, 3.8) is 0 Å². The monoisotopic (exact) mass is 716 g/mol. The number of fused-ring (bicyclic) bond motifs is 7. The number of hydrogen-bond acceptors (Lipinski definition) is 5. The maximum absolute atomic E-state index is 12.9. The van der Waals surface area contributed by atoms with E-state index in [1.807, 2.05) is 6.92 Å². The third-order valence-corrected chi connectivity index (χ3v) is 15.5. The molecule has 2 saturated heterocycles. The summed E-state index contributed by atoms with van der Waals surface area (Å²) in [5.41, 5.74) is 4.49. The zero-order valence-corrected chi connectivity index (χ0v) is 33.5. The van der Waals surface area contributed by atoms with Gasteiger partial charge in [-0.1, -0.05) is 83.9 Å². The van der Waals surface area contributed by atoms with E-state index >= 15 is 0 Å². The summed E-state index contributed by atoms with van der Waals surface area (Å²) in [6.07, 6.45) is 17.3. The van der Waals surface area contributed by atoms with Crippen molar-refractivity contribution in [2.24, 2.45) is 52.3 Å². The fraction of sp³-hybridized carbons (Fsp3) is 0.783. The zero-order valence-electron chi connectivity index (χ0n) is 33.5. The van der Waals surface area contributed by atoms with E-state index < -0.39 is 0 Å². The summed E-state index contributed by atoms with van der Waals surface area (Å²) >= 11 is 0. The Hall–Kier alpha value is -2.18. The molecule has 3 saturated carbocycles. The topological polar surface area (TPSA) is 73.9 Å². The number of nitrogens with one attached hydrogen (secondary N) is 1. The maximum Gasteiger partial charge on any atom is 0.306 e. The third-order valence-electron chi connectivity index (χ3n) is 15.5. The fourth-order valence-corrected chi connectivity index (χ4v) is 12.5. The molecule has 0 aromatic heterocycles. The lowest BCUT2D eigenvalue weighted by molar-refractivity contribution is -0.272. The minimum absolute atomic E-state index is 0.00642. The van der Waals surface area contributed by atoms with Crippen molar-refractivity contribution in [1.82, 2.24) is 5.32 Å². The van der Waals surface area contributed by atoms with Crippen molar-refractivity contribution in [1.29, 1.82) is 0 Å². The van der Waals surface area contributed by atoms with Gasteiger partial charge in [-0.3, -0.25) is 9.59 Å². The van der Waals surface area contributed by atoms with Crippen molar-refractivity contribution in [3.05, 3.63) is 47.0 Å². The van der Waals surface area contributed by atoms with Crippen LogP contribution in [0.5, 0.6) is 0 Å². The molecule has 1 unspecified atom stereocenters. The van der Waals surface area contributed by atoms with E-state index in [2.05, 4.69) is 77.2 Å². The molecule has 1 amide bonds. The average Bonchev–Trinajstić information content (AvgIpc) is 3.56. The number of unbranched alkanes of at least 4 members (excludes halogenated alkanes) is 2. The standard InChI is InChI=1S/C46H69NO5/c1-29(2)25-33-12-14-34(15-13-33)31(4)43(49)47-24-10-8-9-11-41(48)51-36-19-21-44(6)35(26-36)16-17-37-38(44)20-22-45(7)39(37)27-40-42(45)32(5)46(52-40)23-18-30(3)28-50-46/h12-16,29-32,36-40,42H,8-11,17-28H2,1-7H3,(H,47,49)/t30-,31?,32+,36+,37-,38+,39+,40+,42+,44+,45+,46-/m1/s1. The van der Waals surface area contributed by atoms with Gasteiger partial charge in [0.05, 0.1) is 18.6 Å². The molecule has 7 rings (SSSR count). The van der Waals surface area contributed by atoms with Gasteiger partial charge in [0.15, 0.2) is 5.79 Å². The van der Waals surface area contributed by atoms with Crippen LogP contribution < -0.4 is 5.32 Å². The predicted octanol–water partition coefficient (Wildman–Crippen LogP) is 9.94. The number of amides is 1. The van der Waals surface area contributed by atoms with Gasteiger partial charge in [-0.2, -0.15) is 0 Å². The Balaban J connectivity index is 0.841. The first-order chi connectivity index (χ1) is 24.8. The second-order valence-corrected chi connectivity index (χ2v) is 19.3. The number of rotatable bonds is 11. The van der Waals surface area contributed by atoms with Crippen molar-refractivity contribution < 1.29 is 23.8 Å². The molecule has 0 radical (unpaired) electrons. The number of carbonyl (C=O) groups is 2. The molecule has 1 aromatic rings. The van der Waals surface area contributed by atoms with Crippen molar-refractivity contribution in [3.8, 4) is 0 Å². The van der Waals surface area contributed by atoms with Gasteiger partial charge in [0, 0.05) is 31.7 Å². The lowest BCUT2D eigenvalue weighted by Gasteiger charge is -2.58. The highest BCUT2D eigenvalue weighted by Gasteiger charge is 2.68. The van der Waals surface area contributed by atoms with E-state index in [0.29, 0.717) is 48.2 Å². The Kier molecular flexibility index (Phi) is 11.1. The molecule has 5 fully saturated rings. The summed E-state index contributed by atoms with van der Waals surface area (Å²) in [6.45, 7) is 17.8. The van der Waals surface area contributed by atoms with Gasteiger partial charge in [-0.15, -0.1) is 0 Å². The highest BCUT2D eigenvalue weighted by molar-refractivity contribution is 5.83. The molecule has 2 aliphatic heterocycles. The average molecular weight is 716 g/mol. The van der Waals surface area contributed by atoms with E-state index in [4.69, 9.17) is 14.2 Å². The molecule has 1 N–H and O–H groups in total. The Morgan fingerprint density at radius 2 is 1.75 bits per heavy atom. The van der Waals surface area contributed by atoms with Crippen LogP contribution in [0.4, 0.5) is 0 Å². The number of benzene rings is 1. The third kappa shape index (κ3) is 7.18. The van der Waals surface area contributed by atoms with Crippen molar-refractivity contribution in [2.75, 3.05) is 13.2 Å². The Morgan fingerprint density at radius 3 is 2.48 bits per heavy atom. The normalized spacial score (nSPS) is 40.0. The van der Waals surface area contributed by atoms with Crippen LogP contribution in [0.15, 0.2) is 35.9 Å². The molecule has 52 heavy (non-hydrogen) atoms. The van der Waals surface area contributed by atoms with E-state index in [-0.39, 0.29) is 35.1 Å². The number of hydrogen-bond donors (Lipinski definition) is 1. The second-order valence-electron chi connectivity index (χ2n) is 19.3. The van der Waals surface area contributed by atoms with Gasteiger partial charge in [-0.25, -0.2) is 0 Å². The Morgan fingerprint density at radius 1 is 0.962 bits per heavy atom. The first-order valence-electron chi connectivity index (χ1n) is 21.4. The molecule has 1 aromatic carbocycles. The SMILES string of the molecule is CC(C)Cc1ccc(C(C)C(=O)NCCCCCC(=O)O[C@H]2CC[C@@]3(C)C(=CC[C@H]4[C@@H]5C[C@@H]6O[C@]7(CC[C@@H](C)CO7)[C@@H](C)[C@@H]6[C@@]5(C)CC[C@@H]43)C2)cc1. The predicted molar refractivity (Wildman–Crippen MR) is 206 cm³/mol. The molecule has 288 valence electrons. The molecule has 12 atom stereocenters. The van der Waals surface area contributed by atoms with Gasteiger partial charge in [0.1, 0.15) is 6.10 Å². The second kappa shape index (κ2) is 15.2. The van der Waals surface area contributed by atoms with E-state index in [1.54, 1.807) is 5.57 Å². The summed E-state index contributed by atoms with van der Waals surface area (Å²) in [5.74, 6) is 3.99. The molecule has 0 bridgehead atoms. The van der Waals surface area contributed by atoms with Crippen molar-refractivity contribution in [2.45, 2.75) is 162 Å². The smallest absolute Gasteiger partial charge is 0.306 e. The molecule has 4 aliphatic carbocycles. The first kappa shape index (κ1) is 38.1. The van der Waals surface area contributed by atoms with Crippen molar-refractivity contribution >= 4 is 11.9 Å². The molecule has 6 aliphatic rings. The zero-order chi connectivity index (χ0) is 36.8.